The predicted octanol–water partition coefficient (Wildman–Crippen LogP) is 2.88. The molecule has 0 aliphatic rings. The van der Waals surface area contributed by atoms with Gasteiger partial charge in [-0.3, -0.25) is 0 Å². The van der Waals surface area contributed by atoms with Gasteiger partial charge in [-0.1, -0.05) is 26.0 Å². The van der Waals surface area contributed by atoms with Crippen LogP contribution in [0, 0.1) is 5.92 Å². The van der Waals surface area contributed by atoms with Crippen molar-refractivity contribution < 1.29 is 4.74 Å². The van der Waals surface area contributed by atoms with Crippen molar-refractivity contribution in [2.75, 3.05) is 13.7 Å². The summed E-state index contributed by atoms with van der Waals surface area (Å²) >= 11 is 0. The zero-order valence-corrected chi connectivity index (χ0v) is 13.2. The van der Waals surface area contributed by atoms with Crippen LogP contribution in [0.5, 0.6) is 5.75 Å². The van der Waals surface area contributed by atoms with Crippen LogP contribution in [0.4, 0.5) is 0 Å². The van der Waals surface area contributed by atoms with Crippen molar-refractivity contribution in [1.29, 1.82) is 0 Å². The molecule has 2 aromatic rings. The molecule has 0 radical (unpaired) electrons. The van der Waals surface area contributed by atoms with Gasteiger partial charge in [-0.25, -0.2) is 4.98 Å². The molecule has 1 aromatic heterocycles. The van der Waals surface area contributed by atoms with Gasteiger partial charge < -0.3 is 14.6 Å². The Balaban J connectivity index is 1.86. The first kappa shape index (κ1) is 15.6. The lowest BCUT2D eigenvalue weighted by molar-refractivity contribution is 0.414. The number of methoxy groups -OCH3 is 1. The third-order valence-corrected chi connectivity index (χ3v) is 3.46. The van der Waals surface area contributed by atoms with Gasteiger partial charge in [0.15, 0.2) is 0 Å². The van der Waals surface area contributed by atoms with Crippen molar-refractivity contribution in [2.45, 2.75) is 33.4 Å². The lowest BCUT2D eigenvalue weighted by Gasteiger charge is -2.11. The van der Waals surface area contributed by atoms with Gasteiger partial charge in [0.25, 0.3) is 0 Å². The molecule has 0 aliphatic heterocycles. The first-order valence-corrected chi connectivity index (χ1v) is 7.51. The van der Waals surface area contributed by atoms with Gasteiger partial charge in [-0.15, -0.1) is 0 Å². The van der Waals surface area contributed by atoms with Crippen LogP contribution in [0.2, 0.25) is 0 Å². The maximum absolute atomic E-state index is 5.18. The number of imidazole rings is 1. The summed E-state index contributed by atoms with van der Waals surface area (Å²) in [5.74, 6) is 1.57. The van der Waals surface area contributed by atoms with Crippen LogP contribution in [0.15, 0.2) is 36.8 Å². The quantitative estimate of drug-likeness (QED) is 0.811. The van der Waals surface area contributed by atoms with E-state index in [-0.39, 0.29) is 0 Å². The van der Waals surface area contributed by atoms with Gasteiger partial charge in [0.2, 0.25) is 0 Å². The second-order valence-corrected chi connectivity index (χ2v) is 5.70. The standard InChI is InChI=1S/C17H25N3O/c1-14(2)10-18-11-16-12-19-13-20(16)9-8-15-4-6-17(21-3)7-5-15/h4-7,12-14,18H,8-11H2,1-3H3. The Morgan fingerprint density at radius 3 is 2.67 bits per heavy atom. The number of aromatic nitrogens is 2. The third kappa shape index (κ3) is 4.90. The maximum Gasteiger partial charge on any atom is 0.118 e. The molecule has 0 fully saturated rings. The van der Waals surface area contributed by atoms with Gasteiger partial charge in [-0.05, 0) is 36.6 Å². The van der Waals surface area contributed by atoms with E-state index < -0.39 is 0 Å². The number of hydrogen-bond donors (Lipinski definition) is 1. The highest BCUT2D eigenvalue weighted by Gasteiger charge is 2.03. The van der Waals surface area contributed by atoms with Crippen molar-refractivity contribution in [2.24, 2.45) is 5.92 Å². The van der Waals surface area contributed by atoms with E-state index in [9.17, 15) is 0 Å². The zero-order valence-electron chi connectivity index (χ0n) is 13.2. The number of nitrogens with zero attached hydrogens (tertiary/aromatic N) is 2. The molecular formula is C17H25N3O. The third-order valence-electron chi connectivity index (χ3n) is 3.46. The van der Waals surface area contributed by atoms with E-state index in [1.807, 2.05) is 24.7 Å². The Morgan fingerprint density at radius 1 is 1.24 bits per heavy atom. The molecule has 1 heterocycles. The largest absolute Gasteiger partial charge is 0.497 e. The Bertz CT molecular complexity index is 531. The topological polar surface area (TPSA) is 39.1 Å². The summed E-state index contributed by atoms with van der Waals surface area (Å²) in [6.07, 6.45) is 4.86. The molecule has 0 bridgehead atoms. The summed E-state index contributed by atoms with van der Waals surface area (Å²) < 4.78 is 7.40. The van der Waals surface area contributed by atoms with Crippen LogP contribution in [0.1, 0.15) is 25.1 Å². The molecule has 0 saturated carbocycles. The minimum atomic E-state index is 0.667. The minimum absolute atomic E-state index is 0.667. The molecule has 0 amide bonds. The molecule has 0 saturated heterocycles. The van der Waals surface area contributed by atoms with E-state index in [0.29, 0.717) is 5.92 Å². The monoisotopic (exact) mass is 287 g/mol. The Morgan fingerprint density at radius 2 is 2.00 bits per heavy atom. The van der Waals surface area contributed by atoms with Gasteiger partial charge in [0, 0.05) is 19.3 Å². The maximum atomic E-state index is 5.18. The van der Waals surface area contributed by atoms with Gasteiger partial charge >= 0.3 is 0 Å². The van der Waals surface area contributed by atoms with E-state index in [1.54, 1.807) is 7.11 Å². The minimum Gasteiger partial charge on any atom is -0.497 e. The molecular weight excluding hydrogens is 262 g/mol. The first-order valence-electron chi connectivity index (χ1n) is 7.51. The molecule has 4 nitrogen and oxygen atoms in total. The number of rotatable bonds is 8. The summed E-state index contributed by atoms with van der Waals surface area (Å²) in [6.45, 7) is 7.29. The summed E-state index contributed by atoms with van der Waals surface area (Å²) in [6, 6.07) is 8.25. The van der Waals surface area contributed by atoms with E-state index in [4.69, 9.17) is 4.74 Å². The van der Waals surface area contributed by atoms with Crippen molar-refractivity contribution in [3.05, 3.63) is 48.0 Å². The summed E-state index contributed by atoms with van der Waals surface area (Å²) in [7, 11) is 1.69. The van der Waals surface area contributed by atoms with Crippen LogP contribution < -0.4 is 10.1 Å². The van der Waals surface area contributed by atoms with Crippen molar-refractivity contribution in [3.8, 4) is 5.75 Å². The molecule has 0 unspecified atom stereocenters. The van der Waals surface area contributed by atoms with E-state index in [0.717, 1.165) is 31.8 Å². The number of benzene rings is 1. The number of aryl methyl sites for hydroxylation is 2. The average molecular weight is 287 g/mol. The highest BCUT2D eigenvalue weighted by molar-refractivity contribution is 5.27. The van der Waals surface area contributed by atoms with E-state index in [2.05, 4.69) is 40.8 Å². The van der Waals surface area contributed by atoms with E-state index in [1.165, 1.54) is 11.3 Å². The highest BCUT2D eigenvalue weighted by Crippen LogP contribution is 2.12. The van der Waals surface area contributed by atoms with Gasteiger partial charge in [0.05, 0.1) is 19.1 Å². The fourth-order valence-corrected chi connectivity index (χ4v) is 2.23. The van der Waals surface area contributed by atoms with Crippen LogP contribution in [-0.2, 0) is 19.5 Å². The molecule has 2 rings (SSSR count). The predicted molar refractivity (Wildman–Crippen MR) is 85.5 cm³/mol. The summed E-state index contributed by atoms with van der Waals surface area (Å²) in [5, 5.41) is 3.46. The summed E-state index contributed by atoms with van der Waals surface area (Å²) in [5.41, 5.74) is 2.55. The SMILES string of the molecule is COc1ccc(CCn2cncc2CNCC(C)C)cc1. The molecule has 0 atom stereocenters. The number of hydrogen-bond acceptors (Lipinski definition) is 3. The number of nitrogens with one attached hydrogen (secondary N) is 1. The second kappa shape index (κ2) is 7.84. The Hall–Kier alpha value is -1.81. The molecule has 1 aromatic carbocycles. The molecule has 114 valence electrons. The second-order valence-electron chi connectivity index (χ2n) is 5.70. The smallest absolute Gasteiger partial charge is 0.118 e. The molecule has 0 aliphatic carbocycles. The van der Waals surface area contributed by atoms with Crippen LogP contribution in [-0.4, -0.2) is 23.2 Å². The highest BCUT2D eigenvalue weighted by atomic mass is 16.5. The molecule has 0 spiro atoms. The van der Waals surface area contributed by atoms with Crippen LogP contribution >= 0.6 is 0 Å². The van der Waals surface area contributed by atoms with Crippen molar-refractivity contribution in [1.82, 2.24) is 14.9 Å². The van der Waals surface area contributed by atoms with Crippen molar-refractivity contribution >= 4 is 0 Å². The average Bonchev–Trinajstić information content (AvgIpc) is 2.93. The van der Waals surface area contributed by atoms with E-state index >= 15 is 0 Å². The fourth-order valence-electron chi connectivity index (χ4n) is 2.23. The van der Waals surface area contributed by atoms with Crippen molar-refractivity contribution in [3.63, 3.8) is 0 Å². The lowest BCUT2D eigenvalue weighted by Crippen LogP contribution is -2.21. The molecule has 21 heavy (non-hydrogen) atoms. The lowest BCUT2D eigenvalue weighted by atomic mass is 10.1. The normalized spacial score (nSPS) is 11.0. The number of ether oxygens (including phenoxy) is 1. The molecule has 4 heteroatoms. The van der Waals surface area contributed by atoms with Crippen LogP contribution in [0.25, 0.3) is 0 Å². The Labute approximate surface area is 127 Å². The van der Waals surface area contributed by atoms with Crippen LogP contribution in [0.3, 0.4) is 0 Å². The molecule has 1 N–H and O–H groups in total. The first-order chi connectivity index (χ1) is 10.2. The van der Waals surface area contributed by atoms with Gasteiger partial charge in [0.1, 0.15) is 5.75 Å². The van der Waals surface area contributed by atoms with Gasteiger partial charge in [-0.2, -0.15) is 0 Å². The zero-order chi connectivity index (χ0) is 15.1. The fraction of sp³-hybridized carbons (Fsp3) is 0.471. The Kier molecular flexibility index (Phi) is 5.81. The summed E-state index contributed by atoms with van der Waals surface area (Å²) in [4.78, 5) is 4.26.